The van der Waals surface area contributed by atoms with Crippen molar-refractivity contribution < 1.29 is 9.53 Å². The summed E-state index contributed by atoms with van der Waals surface area (Å²) in [6.45, 7) is 1.86. The molecule has 118 valence electrons. The van der Waals surface area contributed by atoms with Crippen LogP contribution in [0.5, 0.6) is 5.75 Å². The van der Waals surface area contributed by atoms with Gasteiger partial charge >= 0.3 is 0 Å². The molecule has 0 spiro atoms. The quantitative estimate of drug-likeness (QED) is 0.797. The van der Waals surface area contributed by atoms with Crippen LogP contribution in [-0.2, 0) is 0 Å². The van der Waals surface area contributed by atoms with Crippen LogP contribution in [0.15, 0.2) is 46.8 Å². The summed E-state index contributed by atoms with van der Waals surface area (Å²) in [6, 6.07) is 7.15. The highest BCUT2D eigenvalue weighted by atomic mass is 32.1. The number of nitrogens with one attached hydrogen (secondary N) is 1. The third kappa shape index (κ3) is 2.95. The summed E-state index contributed by atoms with van der Waals surface area (Å²) in [4.78, 5) is 29.3. The van der Waals surface area contributed by atoms with E-state index >= 15 is 0 Å². The van der Waals surface area contributed by atoms with Gasteiger partial charge in [-0.1, -0.05) is 12.1 Å². The molecule has 0 saturated carbocycles. The van der Waals surface area contributed by atoms with Crippen molar-refractivity contribution in [1.82, 2.24) is 14.7 Å². The first kappa shape index (κ1) is 15.2. The van der Waals surface area contributed by atoms with E-state index in [0.29, 0.717) is 4.96 Å². The fourth-order valence-corrected chi connectivity index (χ4v) is 2.91. The van der Waals surface area contributed by atoms with E-state index in [9.17, 15) is 9.59 Å². The maximum atomic E-state index is 12.4. The number of amides is 1. The Labute approximate surface area is 136 Å². The molecule has 3 rings (SSSR count). The van der Waals surface area contributed by atoms with E-state index in [4.69, 9.17) is 4.74 Å². The molecular weight excluding hydrogens is 314 g/mol. The van der Waals surface area contributed by atoms with Gasteiger partial charge in [-0.05, 0) is 24.6 Å². The molecule has 6 nitrogen and oxygen atoms in total. The number of hydrogen-bond acceptors (Lipinski definition) is 5. The molecule has 0 aliphatic rings. The van der Waals surface area contributed by atoms with Crippen LogP contribution < -0.4 is 15.6 Å². The van der Waals surface area contributed by atoms with Gasteiger partial charge in [0, 0.05) is 17.8 Å². The lowest BCUT2D eigenvalue weighted by Gasteiger charge is -2.14. The largest absolute Gasteiger partial charge is 0.497 e. The van der Waals surface area contributed by atoms with Gasteiger partial charge < -0.3 is 10.1 Å². The van der Waals surface area contributed by atoms with E-state index in [1.54, 1.807) is 18.7 Å². The molecule has 23 heavy (non-hydrogen) atoms. The van der Waals surface area contributed by atoms with Gasteiger partial charge in [-0.25, -0.2) is 4.98 Å². The lowest BCUT2D eigenvalue weighted by Crippen LogP contribution is -2.32. The molecule has 2 aromatic heterocycles. The van der Waals surface area contributed by atoms with Crippen molar-refractivity contribution in [2.24, 2.45) is 0 Å². The van der Waals surface area contributed by atoms with E-state index in [1.165, 1.54) is 21.9 Å². The molecular formula is C16H15N3O3S. The summed E-state index contributed by atoms with van der Waals surface area (Å²) in [6.07, 6.45) is 2.93. The van der Waals surface area contributed by atoms with Crippen LogP contribution in [0.2, 0.25) is 0 Å². The first-order chi connectivity index (χ1) is 11.1. The molecule has 1 atom stereocenters. The summed E-state index contributed by atoms with van der Waals surface area (Å²) in [5, 5.41) is 4.57. The number of carbonyl (C=O) groups is 1. The number of thiazole rings is 1. The molecule has 1 unspecified atom stereocenters. The molecule has 1 aromatic carbocycles. The smallest absolute Gasteiger partial charge is 0.271 e. The third-order valence-electron chi connectivity index (χ3n) is 3.55. The fraction of sp³-hybridized carbons (Fsp3) is 0.188. The van der Waals surface area contributed by atoms with Crippen LogP contribution in [-0.4, -0.2) is 22.4 Å². The van der Waals surface area contributed by atoms with Crippen molar-refractivity contribution >= 4 is 22.2 Å². The minimum atomic E-state index is -0.439. The second-order valence-electron chi connectivity index (χ2n) is 5.00. The van der Waals surface area contributed by atoms with Crippen LogP contribution in [0.3, 0.4) is 0 Å². The van der Waals surface area contributed by atoms with Crippen LogP contribution >= 0.6 is 11.3 Å². The lowest BCUT2D eigenvalue weighted by molar-refractivity contribution is 0.0938. The van der Waals surface area contributed by atoms with Crippen LogP contribution in [0.4, 0.5) is 0 Å². The van der Waals surface area contributed by atoms with Gasteiger partial charge in [0.1, 0.15) is 11.3 Å². The van der Waals surface area contributed by atoms with E-state index in [2.05, 4.69) is 10.3 Å². The van der Waals surface area contributed by atoms with E-state index < -0.39 is 5.91 Å². The van der Waals surface area contributed by atoms with Gasteiger partial charge in [0.05, 0.1) is 13.2 Å². The molecule has 7 heteroatoms. The van der Waals surface area contributed by atoms with Gasteiger partial charge in [0.2, 0.25) is 0 Å². The zero-order valence-electron chi connectivity index (χ0n) is 12.6. The zero-order chi connectivity index (χ0) is 16.4. The first-order valence-corrected chi connectivity index (χ1v) is 7.88. The standard InChI is InChI=1S/C16H15N3O3S/c1-10(11-3-5-12(22-2)6-4-11)18-14(20)13-9-17-16-19(15(13)21)7-8-23-16/h3-10H,1-2H3,(H,18,20). The molecule has 2 heterocycles. The highest BCUT2D eigenvalue weighted by Crippen LogP contribution is 2.17. The molecule has 0 saturated heterocycles. The van der Waals surface area contributed by atoms with Gasteiger partial charge in [0.25, 0.3) is 11.5 Å². The van der Waals surface area contributed by atoms with Crippen LogP contribution in [0, 0.1) is 0 Å². The minimum absolute atomic E-state index is 0.0289. The Bertz CT molecular complexity index is 899. The van der Waals surface area contributed by atoms with E-state index in [-0.39, 0.29) is 17.2 Å². The highest BCUT2D eigenvalue weighted by molar-refractivity contribution is 7.15. The van der Waals surface area contributed by atoms with E-state index in [0.717, 1.165) is 11.3 Å². The summed E-state index contributed by atoms with van der Waals surface area (Å²) in [7, 11) is 1.60. The molecule has 0 aliphatic carbocycles. The zero-order valence-corrected chi connectivity index (χ0v) is 13.5. The van der Waals surface area contributed by atoms with Gasteiger partial charge in [-0.15, -0.1) is 11.3 Å². The highest BCUT2D eigenvalue weighted by Gasteiger charge is 2.16. The lowest BCUT2D eigenvalue weighted by atomic mass is 10.1. The molecule has 0 radical (unpaired) electrons. The molecule has 0 bridgehead atoms. The summed E-state index contributed by atoms with van der Waals surface area (Å²) >= 11 is 1.34. The summed E-state index contributed by atoms with van der Waals surface area (Å²) < 4.78 is 6.48. The SMILES string of the molecule is COc1ccc(C(C)NC(=O)c2cnc3sccn3c2=O)cc1. The average molecular weight is 329 g/mol. The maximum absolute atomic E-state index is 12.4. The third-order valence-corrected chi connectivity index (χ3v) is 4.32. The van der Waals surface area contributed by atoms with Crippen molar-refractivity contribution in [3.63, 3.8) is 0 Å². The Kier molecular flexibility index (Phi) is 4.12. The monoisotopic (exact) mass is 329 g/mol. The number of ether oxygens (including phenoxy) is 1. The van der Waals surface area contributed by atoms with Crippen molar-refractivity contribution in [3.05, 3.63) is 63.5 Å². The number of aromatic nitrogens is 2. The topological polar surface area (TPSA) is 72.7 Å². The van der Waals surface area contributed by atoms with Crippen LogP contribution in [0.1, 0.15) is 28.9 Å². The van der Waals surface area contributed by atoms with Gasteiger partial charge in [-0.2, -0.15) is 0 Å². The second-order valence-corrected chi connectivity index (χ2v) is 5.87. The molecule has 0 fully saturated rings. The summed E-state index contributed by atoms with van der Waals surface area (Å²) in [5.74, 6) is 0.309. The predicted molar refractivity (Wildman–Crippen MR) is 88.2 cm³/mol. The molecule has 3 aromatic rings. The number of methoxy groups -OCH3 is 1. The van der Waals surface area contributed by atoms with Crippen molar-refractivity contribution in [3.8, 4) is 5.75 Å². The number of carbonyl (C=O) groups excluding carboxylic acids is 1. The molecule has 1 N–H and O–H groups in total. The number of rotatable bonds is 4. The molecule has 0 aliphatic heterocycles. The van der Waals surface area contributed by atoms with Gasteiger partial charge in [-0.3, -0.25) is 14.0 Å². The van der Waals surface area contributed by atoms with E-state index in [1.807, 2.05) is 31.2 Å². The fourth-order valence-electron chi connectivity index (χ4n) is 2.23. The number of benzene rings is 1. The van der Waals surface area contributed by atoms with Crippen molar-refractivity contribution in [1.29, 1.82) is 0 Å². The number of hydrogen-bond donors (Lipinski definition) is 1. The van der Waals surface area contributed by atoms with Crippen molar-refractivity contribution in [2.75, 3.05) is 7.11 Å². The Balaban J connectivity index is 1.81. The van der Waals surface area contributed by atoms with Gasteiger partial charge in [0.15, 0.2) is 4.96 Å². The summed E-state index contributed by atoms with van der Waals surface area (Å²) in [5.41, 5.74) is 0.584. The predicted octanol–water partition coefficient (Wildman–Crippen LogP) is 2.26. The Hall–Kier alpha value is -2.67. The Morgan fingerprint density at radius 2 is 2.09 bits per heavy atom. The Morgan fingerprint density at radius 3 is 2.78 bits per heavy atom. The minimum Gasteiger partial charge on any atom is -0.497 e. The normalized spacial score (nSPS) is 12.1. The Morgan fingerprint density at radius 1 is 1.35 bits per heavy atom. The second kappa shape index (κ2) is 6.21. The van der Waals surface area contributed by atoms with Crippen molar-refractivity contribution in [2.45, 2.75) is 13.0 Å². The number of nitrogens with zero attached hydrogens (tertiary/aromatic N) is 2. The van der Waals surface area contributed by atoms with Crippen LogP contribution in [0.25, 0.3) is 4.96 Å². The average Bonchev–Trinajstić information content (AvgIpc) is 3.04. The first-order valence-electron chi connectivity index (χ1n) is 7.00. The maximum Gasteiger partial charge on any atom is 0.271 e. The number of fused-ring (bicyclic) bond motifs is 1. The molecule has 1 amide bonds.